The van der Waals surface area contributed by atoms with E-state index in [0.29, 0.717) is 0 Å². The second-order valence-corrected chi connectivity index (χ2v) is 3.68. The Morgan fingerprint density at radius 3 is 2.45 bits per heavy atom. The van der Waals surface area contributed by atoms with Gasteiger partial charge in [0.05, 0.1) is 16.2 Å². The van der Waals surface area contributed by atoms with Crippen molar-refractivity contribution in [2.75, 3.05) is 18.5 Å². The molecule has 0 unspecified atom stereocenters. The number of nitrogens with one attached hydrogen (secondary N) is 3. The third-order valence-corrected chi connectivity index (χ3v) is 2.32. The molecule has 0 aliphatic carbocycles. The molecule has 0 saturated carbocycles. The van der Waals surface area contributed by atoms with Gasteiger partial charge in [0.25, 0.3) is 11.6 Å². The molecule has 108 valence electrons. The lowest BCUT2D eigenvalue weighted by molar-refractivity contribution is -0.384. The molecule has 0 radical (unpaired) electrons. The van der Waals surface area contributed by atoms with Crippen LogP contribution in [-0.4, -0.2) is 30.0 Å². The van der Waals surface area contributed by atoms with E-state index in [9.17, 15) is 19.7 Å². The minimum absolute atomic E-state index is 0.0285. The lowest BCUT2D eigenvalue weighted by Gasteiger charge is -2.09. The number of amides is 3. The molecule has 20 heavy (non-hydrogen) atoms. The largest absolute Gasteiger partial charge is 0.352 e. The van der Waals surface area contributed by atoms with E-state index < -0.39 is 16.9 Å². The highest BCUT2D eigenvalue weighted by Crippen LogP contribution is 2.21. The van der Waals surface area contributed by atoms with Crippen molar-refractivity contribution >= 4 is 23.3 Å². The standard InChI is InChI=1S/C10H14N6O4/c11-10(18)14-4-3-13-9(17)7-5-6(16(19)20)1-2-8(7)15-12/h1-2,5,15H,3-4,12H2,(H,13,17)(H3,11,14,18). The Kier molecular flexibility index (Phi) is 5.23. The van der Waals surface area contributed by atoms with Crippen LogP contribution in [-0.2, 0) is 0 Å². The Labute approximate surface area is 113 Å². The number of hydrazine groups is 1. The number of non-ortho nitro benzene ring substituents is 1. The van der Waals surface area contributed by atoms with Gasteiger partial charge < -0.3 is 21.8 Å². The first kappa shape index (κ1) is 15.2. The van der Waals surface area contributed by atoms with Crippen LogP contribution < -0.4 is 27.6 Å². The van der Waals surface area contributed by atoms with E-state index in [1.165, 1.54) is 12.1 Å². The number of carbonyl (C=O) groups excluding carboxylic acids is 2. The van der Waals surface area contributed by atoms with Gasteiger partial charge in [-0.25, -0.2) is 4.79 Å². The first-order valence-corrected chi connectivity index (χ1v) is 5.52. The summed E-state index contributed by atoms with van der Waals surface area (Å²) >= 11 is 0. The van der Waals surface area contributed by atoms with E-state index in [0.717, 1.165) is 6.07 Å². The van der Waals surface area contributed by atoms with Crippen molar-refractivity contribution in [2.45, 2.75) is 0 Å². The van der Waals surface area contributed by atoms with Gasteiger partial charge in [-0.2, -0.15) is 0 Å². The topological polar surface area (TPSA) is 165 Å². The number of hydrogen-bond acceptors (Lipinski definition) is 6. The Hall–Kier alpha value is -2.88. The number of nitro groups is 1. The average molecular weight is 282 g/mol. The van der Waals surface area contributed by atoms with Crippen molar-refractivity contribution in [3.05, 3.63) is 33.9 Å². The number of nitrogens with zero attached hydrogens (tertiary/aromatic N) is 1. The van der Waals surface area contributed by atoms with Crippen molar-refractivity contribution in [3.63, 3.8) is 0 Å². The zero-order valence-electron chi connectivity index (χ0n) is 10.4. The fraction of sp³-hybridized carbons (Fsp3) is 0.200. The maximum Gasteiger partial charge on any atom is 0.312 e. The number of primary amides is 1. The fourth-order valence-corrected chi connectivity index (χ4v) is 1.42. The van der Waals surface area contributed by atoms with Gasteiger partial charge in [-0.05, 0) is 6.07 Å². The lowest BCUT2D eigenvalue weighted by atomic mass is 10.1. The van der Waals surface area contributed by atoms with Crippen LogP contribution in [0.25, 0.3) is 0 Å². The number of nitrogen functional groups attached to an aromatic ring is 1. The first-order valence-electron chi connectivity index (χ1n) is 5.52. The number of nitrogens with two attached hydrogens (primary N) is 2. The molecule has 1 rings (SSSR count). The van der Waals surface area contributed by atoms with E-state index in [2.05, 4.69) is 16.1 Å². The van der Waals surface area contributed by atoms with E-state index in [4.69, 9.17) is 11.6 Å². The summed E-state index contributed by atoms with van der Waals surface area (Å²) in [7, 11) is 0. The van der Waals surface area contributed by atoms with Gasteiger partial charge in [0.2, 0.25) is 0 Å². The van der Waals surface area contributed by atoms with E-state index in [1.54, 1.807) is 0 Å². The van der Waals surface area contributed by atoms with Crippen molar-refractivity contribution < 1.29 is 14.5 Å². The molecule has 3 amide bonds. The van der Waals surface area contributed by atoms with Crippen molar-refractivity contribution in [2.24, 2.45) is 11.6 Å². The number of urea groups is 1. The number of rotatable bonds is 6. The Morgan fingerprint density at radius 1 is 1.25 bits per heavy atom. The summed E-state index contributed by atoms with van der Waals surface area (Å²) in [5.74, 6) is 4.67. The Bertz CT molecular complexity index is 532. The van der Waals surface area contributed by atoms with Crippen LogP contribution >= 0.6 is 0 Å². The van der Waals surface area contributed by atoms with Crippen molar-refractivity contribution in [1.29, 1.82) is 0 Å². The molecule has 0 heterocycles. The van der Waals surface area contributed by atoms with Crippen molar-refractivity contribution in [3.8, 4) is 0 Å². The molecule has 0 bridgehead atoms. The molecule has 0 atom stereocenters. The fourth-order valence-electron chi connectivity index (χ4n) is 1.42. The highest BCUT2D eigenvalue weighted by atomic mass is 16.6. The second-order valence-electron chi connectivity index (χ2n) is 3.68. The van der Waals surface area contributed by atoms with E-state index in [1.807, 2.05) is 0 Å². The number of hydrogen-bond donors (Lipinski definition) is 5. The van der Waals surface area contributed by atoms with Crippen LogP contribution in [0.1, 0.15) is 10.4 Å². The number of benzene rings is 1. The summed E-state index contributed by atoms with van der Waals surface area (Å²) in [5.41, 5.74) is 7.18. The lowest BCUT2D eigenvalue weighted by Crippen LogP contribution is -2.37. The molecule has 0 saturated heterocycles. The van der Waals surface area contributed by atoms with Gasteiger partial charge in [-0.3, -0.25) is 20.8 Å². The predicted molar refractivity (Wildman–Crippen MR) is 70.8 cm³/mol. The number of nitro benzene ring substituents is 1. The van der Waals surface area contributed by atoms with Crippen LogP contribution in [0.5, 0.6) is 0 Å². The quantitative estimate of drug-likeness (QED) is 0.200. The normalized spacial score (nSPS) is 9.65. The summed E-state index contributed by atoms with van der Waals surface area (Å²) < 4.78 is 0. The zero-order valence-corrected chi connectivity index (χ0v) is 10.4. The van der Waals surface area contributed by atoms with Gasteiger partial charge in [-0.1, -0.05) is 0 Å². The number of anilines is 1. The summed E-state index contributed by atoms with van der Waals surface area (Å²) in [6.07, 6.45) is 0. The molecule has 10 heteroatoms. The molecular formula is C10H14N6O4. The highest BCUT2D eigenvalue weighted by molar-refractivity contribution is 6.00. The Balaban J connectivity index is 2.77. The van der Waals surface area contributed by atoms with Crippen LogP contribution in [0.15, 0.2) is 18.2 Å². The van der Waals surface area contributed by atoms with Crippen LogP contribution in [0.3, 0.4) is 0 Å². The van der Waals surface area contributed by atoms with Crippen LogP contribution in [0.4, 0.5) is 16.2 Å². The summed E-state index contributed by atoms with van der Waals surface area (Å²) in [4.78, 5) is 32.4. The monoisotopic (exact) mass is 282 g/mol. The van der Waals surface area contributed by atoms with Gasteiger partial charge in [0.1, 0.15) is 0 Å². The van der Waals surface area contributed by atoms with E-state index >= 15 is 0 Å². The Morgan fingerprint density at radius 2 is 1.90 bits per heavy atom. The third kappa shape index (κ3) is 4.10. The van der Waals surface area contributed by atoms with Gasteiger partial charge >= 0.3 is 6.03 Å². The summed E-state index contributed by atoms with van der Waals surface area (Å²) in [6, 6.07) is 2.94. The maximum absolute atomic E-state index is 11.9. The summed E-state index contributed by atoms with van der Waals surface area (Å²) in [5, 5.41) is 15.4. The van der Waals surface area contributed by atoms with Gasteiger partial charge in [0.15, 0.2) is 0 Å². The van der Waals surface area contributed by atoms with Gasteiger partial charge in [0, 0.05) is 25.2 Å². The van der Waals surface area contributed by atoms with Crippen LogP contribution in [0, 0.1) is 10.1 Å². The molecule has 10 nitrogen and oxygen atoms in total. The maximum atomic E-state index is 11.9. The predicted octanol–water partition coefficient (Wildman–Crippen LogP) is -0.721. The minimum atomic E-state index is -0.709. The number of carbonyl (C=O) groups is 2. The van der Waals surface area contributed by atoms with Crippen LogP contribution in [0.2, 0.25) is 0 Å². The van der Waals surface area contributed by atoms with E-state index in [-0.39, 0.29) is 30.0 Å². The summed E-state index contributed by atoms with van der Waals surface area (Å²) in [6.45, 7) is 0.260. The molecular weight excluding hydrogens is 268 g/mol. The second kappa shape index (κ2) is 6.89. The average Bonchev–Trinajstić information content (AvgIpc) is 2.42. The molecule has 0 fully saturated rings. The SMILES string of the molecule is NNc1ccc([N+](=O)[O-])cc1C(=O)NCCNC(N)=O. The molecule has 7 N–H and O–H groups in total. The molecule has 0 aliphatic rings. The smallest absolute Gasteiger partial charge is 0.312 e. The van der Waals surface area contributed by atoms with Crippen molar-refractivity contribution in [1.82, 2.24) is 10.6 Å². The molecule has 0 aliphatic heterocycles. The minimum Gasteiger partial charge on any atom is -0.352 e. The zero-order chi connectivity index (χ0) is 15.1. The third-order valence-electron chi connectivity index (χ3n) is 2.32. The highest BCUT2D eigenvalue weighted by Gasteiger charge is 2.16. The molecule has 1 aromatic rings. The van der Waals surface area contributed by atoms with Gasteiger partial charge in [-0.15, -0.1) is 0 Å². The molecule has 1 aromatic carbocycles. The molecule has 0 spiro atoms. The first-order chi connectivity index (χ1) is 9.45. The molecule has 0 aromatic heterocycles.